The Kier molecular flexibility index (Phi) is 8.27. The molecule has 0 aromatic heterocycles. The predicted octanol–water partition coefficient (Wildman–Crippen LogP) is 2.56. The summed E-state index contributed by atoms with van der Waals surface area (Å²) in [5, 5.41) is 0. The molecule has 0 spiro atoms. The van der Waals surface area contributed by atoms with Gasteiger partial charge in [-0.1, -0.05) is 0 Å². The summed E-state index contributed by atoms with van der Waals surface area (Å²) in [5.41, 5.74) is 0.993. The van der Waals surface area contributed by atoms with Crippen molar-refractivity contribution in [2.45, 2.75) is 25.7 Å². The highest BCUT2D eigenvalue weighted by atomic mass is 32.2. The van der Waals surface area contributed by atoms with E-state index >= 15 is 0 Å². The summed E-state index contributed by atoms with van der Waals surface area (Å²) < 4.78 is 41.1. The van der Waals surface area contributed by atoms with Crippen LogP contribution >= 0.6 is 0 Å². The highest BCUT2D eigenvalue weighted by Crippen LogP contribution is 2.20. The summed E-state index contributed by atoms with van der Waals surface area (Å²) in [6.07, 6.45) is 0. The summed E-state index contributed by atoms with van der Waals surface area (Å²) in [6.45, 7) is 9.40. The highest BCUT2D eigenvalue weighted by molar-refractivity contribution is 7.92. The Labute approximate surface area is 200 Å². The van der Waals surface area contributed by atoms with Gasteiger partial charge in [0.15, 0.2) is 0 Å². The molecule has 0 saturated carbocycles. The molecule has 1 fully saturated rings. The first kappa shape index (κ1) is 25.6. The molecule has 2 aromatic rings. The van der Waals surface area contributed by atoms with Crippen LogP contribution < -0.4 is 4.72 Å². The Morgan fingerprint density at radius 1 is 1.00 bits per heavy atom. The molecular formula is C24H31FN4O4S. The average molecular weight is 491 g/mol. The number of piperazine rings is 1. The van der Waals surface area contributed by atoms with Crippen molar-refractivity contribution >= 4 is 27.5 Å². The molecule has 0 atom stereocenters. The Morgan fingerprint density at radius 3 is 2.18 bits per heavy atom. The number of likely N-dealkylation sites (N-methyl/N-ethyl adjacent to an activating group) is 1. The lowest BCUT2D eigenvalue weighted by molar-refractivity contribution is -0.132. The van der Waals surface area contributed by atoms with Crippen LogP contribution in [-0.2, 0) is 14.8 Å². The Bertz CT molecular complexity index is 1130. The lowest BCUT2D eigenvalue weighted by Gasteiger charge is -2.35. The maximum atomic E-state index is 13.5. The number of amides is 2. The van der Waals surface area contributed by atoms with Crippen LogP contribution in [0.4, 0.5) is 10.1 Å². The summed E-state index contributed by atoms with van der Waals surface area (Å²) in [6, 6.07) is 9.80. The van der Waals surface area contributed by atoms with Gasteiger partial charge in [-0.15, -0.1) is 0 Å². The van der Waals surface area contributed by atoms with E-state index in [4.69, 9.17) is 0 Å². The first-order chi connectivity index (χ1) is 16.1. The van der Waals surface area contributed by atoms with Crippen molar-refractivity contribution in [3.05, 3.63) is 59.4 Å². The van der Waals surface area contributed by atoms with Gasteiger partial charge in [0.25, 0.3) is 15.9 Å². The van der Waals surface area contributed by atoms with Crippen LogP contribution in [0.2, 0.25) is 0 Å². The van der Waals surface area contributed by atoms with Gasteiger partial charge in [-0.05, 0) is 68.8 Å². The number of benzene rings is 2. The van der Waals surface area contributed by atoms with Crippen LogP contribution in [0.15, 0.2) is 47.4 Å². The number of halogens is 1. The number of hydrogen-bond acceptors (Lipinski definition) is 5. The van der Waals surface area contributed by atoms with Gasteiger partial charge in [0.1, 0.15) is 5.82 Å². The van der Waals surface area contributed by atoms with Crippen LogP contribution in [0.5, 0.6) is 0 Å². The molecule has 2 aromatic carbocycles. The van der Waals surface area contributed by atoms with Gasteiger partial charge in [0.2, 0.25) is 5.91 Å². The SMILES string of the molecule is CCN(CC)C(=O)CN1CCN(C(=O)c2ccc(NS(=O)(=O)c3ccc(F)c(C)c3)cc2)CC1. The number of aryl methyl sites for hydroxylation is 1. The molecule has 1 saturated heterocycles. The number of nitrogens with zero attached hydrogens (tertiary/aromatic N) is 3. The molecule has 0 unspecified atom stereocenters. The molecule has 0 aliphatic carbocycles. The van der Waals surface area contributed by atoms with Crippen LogP contribution in [0.1, 0.15) is 29.8 Å². The van der Waals surface area contributed by atoms with E-state index in [1.165, 1.54) is 31.2 Å². The minimum Gasteiger partial charge on any atom is -0.342 e. The number of nitrogens with one attached hydrogen (secondary N) is 1. The molecule has 0 bridgehead atoms. The van der Waals surface area contributed by atoms with E-state index in [-0.39, 0.29) is 22.3 Å². The summed E-state index contributed by atoms with van der Waals surface area (Å²) in [5.74, 6) is -0.518. The minimum atomic E-state index is -3.88. The Balaban J connectivity index is 1.57. The third kappa shape index (κ3) is 6.12. The topological polar surface area (TPSA) is 90.0 Å². The molecule has 1 N–H and O–H groups in total. The molecule has 184 valence electrons. The van der Waals surface area contributed by atoms with Crippen molar-refractivity contribution in [2.24, 2.45) is 0 Å². The molecule has 1 heterocycles. The zero-order chi connectivity index (χ0) is 24.9. The second-order valence-electron chi connectivity index (χ2n) is 8.23. The van der Waals surface area contributed by atoms with Gasteiger partial charge in [0.05, 0.1) is 11.4 Å². The van der Waals surface area contributed by atoms with E-state index in [0.717, 1.165) is 6.07 Å². The van der Waals surface area contributed by atoms with Crippen molar-refractivity contribution < 1.29 is 22.4 Å². The highest BCUT2D eigenvalue weighted by Gasteiger charge is 2.24. The number of carbonyl (C=O) groups excluding carboxylic acids is 2. The van der Waals surface area contributed by atoms with Gasteiger partial charge < -0.3 is 9.80 Å². The summed E-state index contributed by atoms with van der Waals surface area (Å²) in [4.78, 5) is 30.7. The Hall–Kier alpha value is -2.98. The van der Waals surface area contributed by atoms with Gasteiger partial charge in [-0.3, -0.25) is 19.2 Å². The molecule has 2 amide bonds. The number of carbonyl (C=O) groups is 2. The molecule has 34 heavy (non-hydrogen) atoms. The van der Waals surface area contributed by atoms with E-state index in [1.807, 2.05) is 13.8 Å². The van der Waals surface area contributed by atoms with Crippen molar-refractivity contribution in [1.29, 1.82) is 0 Å². The van der Waals surface area contributed by atoms with Crippen LogP contribution in [-0.4, -0.2) is 80.7 Å². The molecule has 0 radical (unpaired) electrons. The predicted molar refractivity (Wildman–Crippen MR) is 129 cm³/mol. The van der Waals surface area contributed by atoms with Gasteiger partial charge in [-0.25, -0.2) is 12.8 Å². The second kappa shape index (κ2) is 11.0. The van der Waals surface area contributed by atoms with Gasteiger partial charge in [-0.2, -0.15) is 0 Å². The standard InChI is InChI=1S/C24H31FN4O4S/c1-4-28(5-2)23(30)17-27-12-14-29(15-13-27)24(31)19-6-8-20(9-7-19)26-34(32,33)21-10-11-22(25)18(3)16-21/h6-11,16,26H,4-5,12-15,17H2,1-3H3. The average Bonchev–Trinajstić information content (AvgIpc) is 2.82. The van der Waals surface area contributed by atoms with Gasteiger partial charge >= 0.3 is 0 Å². The fraction of sp³-hybridized carbons (Fsp3) is 0.417. The number of anilines is 1. The van der Waals surface area contributed by atoms with Crippen LogP contribution in [0, 0.1) is 12.7 Å². The van der Waals surface area contributed by atoms with E-state index in [1.54, 1.807) is 21.9 Å². The fourth-order valence-electron chi connectivity index (χ4n) is 3.84. The lowest BCUT2D eigenvalue weighted by Crippen LogP contribution is -2.51. The molecule has 8 nitrogen and oxygen atoms in total. The zero-order valence-electron chi connectivity index (χ0n) is 19.8. The normalized spacial score (nSPS) is 14.6. The molecule has 3 rings (SSSR count). The third-order valence-corrected chi connectivity index (χ3v) is 7.34. The zero-order valence-corrected chi connectivity index (χ0v) is 20.6. The van der Waals surface area contributed by atoms with Crippen molar-refractivity contribution in [2.75, 3.05) is 50.5 Å². The summed E-state index contributed by atoms with van der Waals surface area (Å²) in [7, 11) is -3.88. The molecular weight excluding hydrogens is 459 g/mol. The van der Waals surface area contributed by atoms with Crippen molar-refractivity contribution in [3.8, 4) is 0 Å². The summed E-state index contributed by atoms with van der Waals surface area (Å²) >= 11 is 0. The third-order valence-electron chi connectivity index (χ3n) is 5.96. The number of sulfonamides is 1. The Morgan fingerprint density at radius 2 is 1.62 bits per heavy atom. The van der Waals surface area contributed by atoms with E-state index in [0.29, 0.717) is 57.1 Å². The lowest BCUT2D eigenvalue weighted by atomic mass is 10.1. The van der Waals surface area contributed by atoms with E-state index in [2.05, 4.69) is 9.62 Å². The van der Waals surface area contributed by atoms with E-state index < -0.39 is 15.8 Å². The fourth-order valence-corrected chi connectivity index (χ4v) is 4.98. The maximum Gasteiger partial charge on any atom is 0.261 e. The van der Waals surface area contributed by atoms with Crippen molar-refractivity contribution in [3.63, 3.8) is 0 Å². The first-order valence-electron chi connectivity index (χ1n) is 11.3. The number of rotatable bonds is 8. The minimum absolute atomic E-state index is 0.0381. The molecule has 1 aliphatic heterocycles. The monoisotopic (exact) mass is 490 g/mol. The van der Waals surface area contributed by atoms with Gasteiger partial charge in [0, 0.05) is 50.5 Å². The molecule has 1 aliphatic rings. The molecule has 10 heteroatoms. The quantitative estimate of drug-likeness (QED) is 0.614. The largest absolute Gasteiger partial charge is 0.342 e. The van der Waals surface area contributed by atoms with Crippen LogP contribution in [0.3, 0.4) is 0 Å². The van der Waals surface area contributed by atoms with E-state index in [9.17, 15) is 22.4 Å². The smallest absolute Gasteiger partial charge is 0.261 e. The first-order valence-corrected chi connectivity index (χ1v) is 12.8. The van der Waals surface area contributed by atoms with Crippen LogP contribution in [0.25, 0.3) is 0 Å². The maximum absolute atomic E-state index is 13.5. The van der Waals surface area contributed by atoms with Crippen molar-refractivity contribution in [1.82, 2.24) is 14.7 Å². The number of hydrogen-bond donors (Lipinski definition) is 1. The second-order valence-corrected chi connectivity index (χ2v) is 9.91.